The lowest BCUT2D eigenvalue weighted by molar-refractivity contribution is 0.103. The average molecular weight is 375 g/mol. The van der Waals surface area contributed by atoms with E-state index in [4.69, 9.17) is 4.52 Å². The van der Waals surface area contributed by atoms with Gasteiger partial charge in [0.15, 0.2) is 5.82 Å². The summed E-state index contributed by atoms with van der Waals surface area (Å²) in [6.45, 7) is 0. The van der Waals surface area contributed by atoms with Crippen LogP contribution in [0.5, 0.6) is 0 Å². The zero-order valence-electron chi connectivity index (χ0n) is 14.5. The molecule has 5 nitrogen and oxygen atoms in total. The summed E-state index contributed by atoms with van der Waals surface area (Å²) in [5, 5.41) is 8.18. The molecule has 0 spiro atoms. The summed E-state index contributed by atoms with van der Waals surface area (Å²) in [4.78, 5) is 17.9. The van der Waals surface area contributed by atoms with E-state index in [2.05, 4.69) is 15.5 Å². The third kappa shape index (κ3) is 3.36. The first-order valence-corrected chi connectivity index (χ1v) is 9.78. The minimum atomic E-state index is -0.104. The van der Waals surface area contributed by atoms with E-state index < -0.39 is 0 Å². The molecule has 1 N–H and O–H groups in total. The zero-order valence-corrected chi connectivity index (χ0v) is 15.3. The van der Waals surface area contributed by atoms with Crippen LogP contribution in [0.1, 0.15) is 45.7 Å². The number of carbonyl (C=O) groups is 1. The second kappa shape index (κ2) is 6.63. The summed E-state index contributed by atoms with van der Waals surface area (Å²) < 4.78 is 6.49. The first-order valence-electron chi connectivity index (χ1n) is 8.96. The summed E-state index contributed by atoms with van der Waals surface area (Å²) in [6.07, 6.45) is 2.78. The van der Waals surface area contributed by atoms with E-state index in [1.54, 1.807) is 0 Å². The predicted octanol–water partition coefficient (Wildman–Crippen LogP) is 5.00. The number of hydrogen-bond donors (Lipinski definition) is 1. The molecule has 0 unspecified atom stereocenters. The van der Waals surface area contributed by atoms with E-state index in [9.17, 15) is 4.79 Å². The van der Waals surface area contributed by atoms with Crippen LogP contribution in [0.3, 0.4) is 0 Å². The fraction of sp³-hybridized carbons (Fsp3) is 0.190. The van der Waals surface area contributed by atoms with E-state index in [1.165, 1.54) is 11.3 Å². The second-order valence-corrected chi connectivity index (χ2v) is 7.84. The quantitative estimate of drug-likeness (QED) is 0.533. The number of hydrogen-bond acceptors (Lipinski definition) is 5. The molecule has 2 aromatic heterocycles. The molecule has 0 saturated heterocycles. The Morgan fingerprint density at radius 1 is 1.15 bits per heavy atom. The number of aromatic nitrogens is 2. The Labute approximate surface area is 160 Å². The fourth-order valence-corrected chi connectivity index (χ4v) is 4.04. The van der Waals surface area contributed by atoms with Crippen molar-refractivity contribution in [2.75, 3.05) is 5.32 Å². The summed E-state index contributed by atoms with van der Waals surface area (Å²) in [6, 6.07) is 17.7. The van der Waals surface area contributed by atoms with Crippen molar-refractivity contribution in [3.8, 4) is 0 Å². The van der Waals surface area contributed by atoms with Gasteiger partial charge in [0.1, 0.15) is 0 Å². The summed E-state index contributed by atoms with van der Waals surface area (Å²) in [5.41, 5.74) is 1.73. The Hall–Kier alpha value is -2.99. The lowest BCUT2D eigenvalue weighted by Gasteiger charge is -2.08. The van der Waals surface area contributed by atoms with Crippen LogP contribution in [0.4, 0.5) is 5.69 Å². The molecule has 0 bridgehead atoms. The number of rotatable bonds is 5. The molecular formula is C21H17N3O2S. The number of nitrogens with zero attached hydrogens (tertiary/aromatic N) is 2. The molecule has 1 amide bonds. The molecule has 0 radical (unpaired) electrons. The highest BCUT2D eigenvalue weighted by Crippen LogP contribution is 2.38. The topological polar surface area (TPSA) is 68.0 Å². The fourth-order valence-electron chi connectivity index (χ4n) is 3.08. The van der Waals surface area contributed by atoms with Gasteiger partial charge in [0.05, 0.1) is 11.3 Å². The van der Waals surface area contributed by atoms with Gasteiger partial charge in [-0.2, -0.15) is 4.98 Å². The minimum absolute atomic E-state index is 0.104. The van der Waals surface area contributed by atoms with Crippen LogP contribution in [0.15, 0.2) is 59.1 Å². The van der Waals surface area contributed by atoms with Gasteiger partial charge in [0.2, 0.25) is 5.89 Å². The molecule has 1 aliphatic rings. The first kappa shape index (κ1) is 16.2. The highest BCUT2D eigenvalue weighted by molar-refractivity contribution is 7.20. The van der Waals surface area contributed by atoms with Gasteiger partial charge in [0.25, 0.3) is 5.91 Å². The normalized spacial score (nSPS) is 13.8. The maximum atomic E-state index is 12.7. The van der Waals surface area contributed by atoms with Gasteiger partial charge in [0, 0.05) is 16.3 Å². The van der Waals surface area contributed by atoms with Gasteiger partial charge in [-0.15, -0.1) is 11.3 Å². The number of amides is 1. The van der Waals surface area contributed by atoms with Crippen LogP contribution < -0.4 is 5.32 Å². The average Bonchev–Trinajstić information content (AvgIpc) is 3.27. The van der Waals surface area contributed by atoms with Crippen LogP contribution in [0, 0.1) is 0 Å². The van der Waals surface area contributed by atoms with E-state index >= 15 is 0 Å². The van der Waals surface area contributed by atoms with Gasteiger partial charge in [-0.3, -0.25) is 4.79 Å². The van der Waals surface area contributed by atoms with Crippen molar-refractivity contribution < 1.29 is 9.32 Å². The molecule has 0 aliphatic heterocycles. The lowest BCUT2D eigenvalue weighted by Crippen LogP contribution is -2.12. The largest absolute Gasteiger partial charge is 0.339 e. The Balaban J connectivity index is 1.37. The molecule has 1 fully saturated rings. The van der Waals surface area contributed by atoms with Crippen molar-refractivity contribution in [1.29, 1.82) is 0 Å². The maximum absolute atomic E-state index is 12.7. The molecule has 2 heterocycles. The van der Waals surface area contributed by atoms with Crippen molar-refractivity contribution in [3.63, 3.8) is 0 Å². The zero-order chi connectivity index (χ0) is 18.2. The van der Waals surface area contributed by atoms with E-state index in [1.807, 2.05) is 54.6 Å². The van der Waals surface area contributed by atoms with Gasteiger partial charge in [-0.25, -0.2) is 0 Å². The summed E-state index contributed by atoms with van der Waals surface area (Å²) in [7, 11) is 0. The second-order valence-electron chi connectivity index (χ2n) is 6.76. The summed E-state index contributed by atoms with van der Waals surface area (Å²) in [5.74, 6) is 1.75. The smallest absolute Gasteiger partial charge is 0.265 e. The number of thiophene rings is 1. The van der Waals surface area contributed by atoms with Crippen molar-refractivity contribution in [1.82, 2.24) is 10.1 Å². The van der Waals surface area contributed by atoms with E-state index in [0.29, 0.717) is 23.1 Å². The Kier molecular flexibility index (Phi) is 3.98. The highest BCUT2D eigenvalue weighted by Gasteiger charge is 2.28. The molecule has 5 rings (SSSR count). The van der Waals surface area contributed by atoms with Crippen LogP contribution >= 0.6 is 11.3 Å². The minimum Gasteiger partial charge on any atom is -0.339 e. The lowest BCUT2D eigenvalue weighted by atomic mass is 10.1. The van der Waals surface area contributed by atoms with Crippen molar-refractivity contribution in [2.45, 2.75) is 25.2 Å². The van der Waals surface area contributed by atoms with Crippen LogP contribution in [0.25, 0.3) is 10.1 Å². The van der Waals surface area contributed by atoms with Crippen LogP contribution in [-0.2, 0) is 6.42 Å². The molecule has 2 aromatic carbocycles. The molecule has 6 heteroatoms. The third-order valence-electron chi connectivity index (χ3n) is 4.68. The monoisotopic (exact) mass is 375 g/mol. The number of fused-ring (bicyclic) bond motifs is 1. The Morgan fingerprint density at radius 2 is 1.96 bits per heavy atom. The van der Waals surface area contributed by atoms with E-state index in [-0.39, 0.29) is 5.91 Å². The number of para-hydroxylation sites is 1. The summed E-state index contributed by atoms with van der Waals surface area (Å²) >= 11 is 1.50. The number of nitrogens with one attached hydrogen (secondary N) is 1. The molecule has 0 atom stereocenters. The van der Waals surface area contributed by atoms with Crippen LogP contribution in [0.2, 0.25) is 0 Å². The van der Waals surface area contributed by atoms with Gasteiger partial charge in [-0.1, -0.05) is 41.6 Å². The first-order chi connectivity index (χ1) is 13.3. The number of carbonyl (C=O) groups excluding carboxylic acids is 1. The van der Waals surface area contributed by atoms with E-state index in [0.717, 1.165) is 40.0 Å². The molecule has 1 saturated carbocycles. The predicted molar refractivity (Wildman–Crippen MR) is 105 cm³/mol. The third-order valence-corrected chi connectivity index (χ3v) is 5.80. The molecular weight excluding hydrogens is 358 g/mol. The standard InChI is InChI=1S/C21H17N3O2S/c25-21(18-11-15-6-2-4-8-17(15)27-18)22-16-7-3-1-5-14(16)12-19-23-20(24-26-19)13-9-10-13/h1-8,11,13H,9-10,12H2,(H,22,25). The van der Waals surface area contributed by atoms with Crippen molar-refractivity contribution >= 4 is 33.0 Å². The number of benzene rings is 2. The highest BCUT2D eigenvalue weighted by atomic mass is 32.1. The molecule has 4 aromatic rings. The number of anilines is 1. The Bertz CT molecular complexity index is 1090. The van der Waals surface area contributed by atoms with Crippen LogP contribution in [-0.4, -0.2) is 16.0 Å². The molecule has 1 aliphatic carbocycles. The SMILES string of the molecule is O=C(Nc1ccccc1Cc1nc(C2CC2)no1)c1cc2ccccc2s1. The Morgan fingerprint density at radius 3 is 2.81 bits per heavy atom. The van der Waals surface area contributed by atoms with Crippen molar-refractivity contribution in [2.24, 2.45) is 0 Å². The molecule has 27 heavy (non-hydrogen) atoms. The van der Waals surface area contributed by atoms with Gasteiger partial charge in [-0.05, 0) is 42.0 Å². The maximum Gasteiger partial charge on any atom is 0.265 e. The molecule has 134 valence electrons. The van der Waals surface area contributed by atoms with Crippen molar-refractivity contribution in [3.05, 3.63) is 76.8 Å². The van der Waals surface area contributed by atoms with Gasteiger partial charge < -0.3 is 9.84 Å². The van der Waals surface area contributed by atoms with Gasteiger partial charge >= 0.3 is 0 Å².